The van der Waals surface area contributed by atoms with Crippen LogP contribution in [0.2, 0.25) is 0 Å². The van der Waals surface area contributed by atoms with Crippen molar-refractivity contribution in [1.82, 2.24) is 19.5 Å². The number of methoxy groups -OCH3 is 2. The van der Waals surface area contributed by atoms with Gasteiger partial charge in [-0.2, -0.15) is 5.10 Å². The van der Waals surface area contributed by atoms with Crippen LogP contribution < -0.4 is 19.5 Å². The number of alkyl halides is 2. The monoisotopic (exact) mass is 447 g/mol. The average Bonchev–Trinajstić information content (AvgIpc) is 3.30. The molecule has 2 aromatic heterocycles. The lowest BCUT2D eigenvalue weighted by Gasteiger charge is -2.15. The van der Waals surface area contributed by atoms with Gasteiger partial charge in [0.05, 0.1) is 27.0 Å². The maximum Gasteiger partial charge on any atom is 0.261 e. The number of likely N-dealkylation sites (tertiary alicyclic amines) is 1. The molecular formula is C22H27F2N5O3. The molecule has 0 unspecified atom stereocenters. The van der Waals surface area contributed by atoms with E-state index in [0.29, 0.717) is 43.6 Å². The maximum atomic E-state index is 13.4. The number of nitrogens with one attached hydrogen (secondary N) is 1. The Labute approximate surface area is 185 Å². The third-order valence-corrected chi connectivity index (χ3v) is 5.63. The second-order valence-corrected chi connectivity index (χ2v) is 7.78. The minimum atomic E-state index is -2.59. The second kappa shape index (κ2) is 9.15. The number of rotatable bonds is 9. The van der Waals surface area contributed by atoms with Gasteiger partial charge in [-0.25, -0.2) is 18.3 Å². The number of nitrogens with zero attached hydrogens (tertiary/aromatic N) is 4. The summed E-state index contributed by atoms with van der Waals surface area (Å²) in [5, 5.41) is 7.61. The molecule has 10 heteroatoms. The summed E-state index contributed by atoms with van der Waals surface area (Å²) in [7, 11) is 3.23. The number of ether oxygens (including phenoxy) is 3. The lowest BCUT2D eigenvalue weighted by Crippen LogP contribution is -2.29. The zero-order valence-corrected chi connectivity index (χ0v) is 18.4. The molecule has 0 bridgehead atoms. The summed E-state index contributed by atoms with van der Waals surface area (Å²) in [6.07, 6.45) is 3.16. The highest BCUT2D eigenvalue weighted by atomic mass is 19.3. The van der Waals surface area contributed by atoms with Crippen molar-refractivity contribution in [3.63, 3.8) is 0 Å². The smallest absolute Gasteiger partial charge is 0.261 e. The standard InChI is InChI=1S/C22H27F2N5O3/c1-15-19(32-9-8-28-7-6-22(23,24)13-28)12-29-20(15)21(26-14-27-29)25-11-16-4-5-17(30-2)10-18(16)31-3/h4-5,10,12,14H,6-9,11,13H2,1-3H3,(H,25,26,27). The number of aromatic nitrogens is 3. The first-order chi connectivity index (χ1) is 15.4. The molecule has 0 atom stereocenters. The topological polar surface area (TPSA) is 73.2 Å². The number of anilines is 1. The average molecular weight is 447 g/mol. The Morgan fingerprint density at radius 2 is 2.03 bits per heavy atom. The van der Waals surface area contributed by atoms with E-state index in [0.717, 1.165) is 22.4 Å². The largest absolute Gasteiger partial charge is 0.497 e. The van der Waals surface area contributed by atoms with Gasteiger partial charge in [-0.05, 0) is 19.1 Å². The molecule has 8 nitrogen and oxygen atoms in total. The molecule has 1 fully saturated rings. The summed E-state index contributed by atoms with van der Waals surface area (Å²) >= 11 is 0. The number of aryl methyl sites for hydroxylation is 1. The summed E-state index contributed by atoms with van der Waals surface area (Å²) in [5.41, 5.74) is 2.62. The summed E-state index contributed by atoms with van der Waals surface area (Å²) in [5.74, 6) is 0.150. The first kappa shape index (κ1) is 22.1. The molecular weight excluding hydrogens is 420 g/mol. The Hall–Kier alpha value is -3.14. The molecule has 1 aromatic carbocycles. The van der Waals surface area contributed by atoms with Crippen molar-refractivity contribution in [2.75, 3.05) is 45.8 Å². The molecule has 32 heavy (non-hydrogen) atoms. The molecule has 1 N–H and O–H groups in total. The van der Waals surface area contributed by atoms with Gasteiger partial charge in [-0.1, -0.05) is 0 Å². The number of hydrogen-bond acceptors (Lipinski definition) is 7. The summed E-state index contributed by atoms with van der Waals surface area (Å²) in [6.45, 7) is 3.38. The van der Waals surface area contributed by atoms with E-state index >= 15 is 0 Å². The van der Waals surface area contributed by atoms with E-state index in [1.807, 2.05) is 25.1 Å². The van der Waals surface area contributed by atoms with Gasteiger partial charge in [0.25, 0.3) is 5.92 Å². The predicted octanol–water partition coefficient (Wildman–Crippen LogP) is 3.39. The van der Waals surface area contributed by atoms with Crippen LogP contribution in [-0.4, -0.2) is 65.9 Å². The quantitative estimate of drug-likeness (QED) is 0.539. The summed E-state index contributed by atoms with van der Waals surface area (Å²) < 4.78 is 45.0. The van der Waals surface area contributed by atoms with E-state index in [4.69, 9.17) is 14.2 Å². The van der Waals surface area contributed by atoms with Crippen molar-refractivity contribution >= 4 is 11.3 Å². The van der Waals surface area contributed by atoms with Crippen molar-refractivity contribution in [2.24, 2.45) is 0 Å². The van der Waals surface area contributed by atoms with Crippen LogP contribution in [0.5, 0.6) is 17.2 Å². The van der Waals surface area contributed by atoms with Crippen LogP contribution in [0.3, 0.4) is 0 Å². The van der Waals surface area contributed by atoms with E-state index in [2.05, 4.69) is 15.4 Å². The molecule has 0 saturated carbocycles. The van der Waals surface area contributed by atoms with Crippen molar-refractivity contribution in [3.05, 3.63) is 41.9 Å². The Morgan fingerprint density at radius 1 is 1.19 bits per heavy atom. The van der Waals surface area contributed by atoms with Crippen molar-refractivity contribution in [1.29, 1.82) is 0 Å². The third kappa shape index (κ3) is 4.69. The van der Waals surface area contributed by atoms with Crippen LogP contribution in [0, 0.1) is 6.92 Å². The first-order valence-corrected chi connectivity index (χ1v) is 10.4. The molecule has 3 aromatic rings. The minimum absolute atomic E-state index is 0.0915. The molecule has 1 aliphatic rings. The maximum absolute atomic E-state index is 13.4. The van der Waals surface area contributed by atoms with Crippen LogP contribution in [0.25, 0.3) is 5.52 Å². The fourth-order valence-corrected chi connectivity index (χ4v) is 3.87. The number of halogens is 2. The van der Waals surface area contributed by atoms with Crippen LogP contribution in [0.15, 0.2) is 30.7 Å². The Kier molecular flexibility index (Phi) is 6.31. The van der Waals surface area contributed by atoms with Gasteiger partial charge in [0.2, 0.25) is 0 Å². The fraction of sp³-hybridized carbons (Fsp3) is 0.455. The first-order valence-electron chi connectivity index (χ1n) is 10.4. The van der Waals surface area contributed by atoms with E-state index in [1.165, 1.54) is 6.33 Å². The van der Waals surface area contributed by atoms with Gasteiger partial charge >= 0.3 is 0 Å². The van der Waals surface area contributed by atoms with Gasteiger partial charge < -0.3 is 19.5 Å². The Morgan fingerprint density at radius 3 is 2.75 bits per heavy atom. The van der Waals surface area contributed by atoms with Crippen molar-refractivity contribution < 1.29 is 23.0 Å². The van der Waals surface area contributed by atoms with Crippen molar-refractivity contribution in [3.8, 4) is 17.2 Å². The van der Waals surface area contributed by atoms with Crippen molar-refractivity contribution in [2.45, 2.75) is 25.8 Å². The lowest BCUT2D eigenvalue weighted by atomic mass is 10.2. The molecule has 3 heterocycles. The molecule has 172 valence electrons. The molecule has 0 amide bonds. The zero-order chi connectivity index (χ0) is 22.7. The lowest BCUT2D eigenvalue weighted by molar-refractivity contribution is 0.0112. The van der Waals surface area contributed by atoms with Crippen LogP contribution in [0.1, 0.15) is 17.5 Å². The van der Waals surface area contributed by atoms with Gasteiger partial charge in [-0.15, -0.1) is 0 Å². The minimum Gasteiger partial charge on any atom is -0.497 e. The Bertz CT molecular complexity index is 1090. The Balaban J connectivity index is 1.45. The number of hydrogen-bond donors (Lipinski definition) is 1. The molecule has 4 rings (SSSR count). The predicted molar refractivity (Wildman–Crippen MR) is 116 cm³/mol. The highest BCUT2D eigenvalue weighted by molar-refractivity contribution is 5.75. The number of benzene rings is 1. The van der Waals surface area contributed by atoms with Crippen LogP contribution in [-0.2, 0) is 6.54 Å². The molecule has 0 aliphatic carbocycles. The van der Waals surface area contributed by atoms with E-state index in [9.17, 15) is 8.78 Å². The molecule has 0 radical (unpaired) electrons. The van der Waals surface area contributed by atoms with Crippen LogP contribution in [0.4, 0.5) is 14.6 Å². The number of fused-ring (bicyclic) bond motifs is 1. The summed E-state index contributed by atoms with van der Waals surface area (Å²) in [4.78, 5) is 6.11. The summed E-state index contributed by atoms with van der Waals surface area (Å²) in [6, 6.07) is 5.64. The SMILES string of the molecule is COc1ccc(CNc2ncnn3cc(OCCN4CCC(F)(F)C4)c(C)c23)c(OC)c1. The van der Waals surface area contributed by atoms with E-state index in [-0.39, 0.29) is 13.0 Å². The molecule has 1 saturated heterocycles. The highest BCUT2D eigenvalue weighted by Gasteiger charge is 2.37. The van der Waals surface area contributed by atoms with E-state index in [1.54, 1.807) is 29.8 Å². The van der Waals surface area contributed by atoms with Gasteiger partial charge in [-0.3, -0.25) is 4.90 Å². The fourth-order valence-electron chi connectivity index (χ4n) is 3.87. The third-order valence-electron chi connectivity index (χ3n) is 5.63. The van der Waals surface area contributed by atoms with Gasteiger partial charge in [0.1, 0.15) is 35.7 Å². The second-order valence-electron chi connectivity index (χ2n) is 7.78. The van der Waals surface area contributed by atoms with Gasteiger partial charge in [0.15, 0.2) is 5.82 Å². The highest BCUT2D eigenvalue weighted by Crippen LogP contribution is 2.30. The molecule has 1 aliphatic heterocycles. The van der Waals surface area contributed by atoms with Crippen LogP contribution >= 0.6 is 0 Å². The normalized spacial score (nSPS) is 15.8. The zero-order valence-electron chi connectivity index (χ0n) is 18.4. The van der Waals surface area contributed by atoms with E-state index < -0.39 is 5.92 Å². The molecule has 0 spiro atoms. The van der Waals surface area contributed by atoms with Gasteiger partial charge in [0, 0.05) is 43.2 Å².